The van der Waals surface area contributed by atoms with Gasteiger partial charge in [-0.15, -0.1) is 0 Å². The molecule has 0 saturated heterocycles. The van der Waals surface area contributed by atoms with E-state index in [4.69, 9.17) is 14.9 Å². The van der Waals surface area contributed by atoms with Crippen LogP contribution in [-0.2, 0) is 14.0 Å². The molecule has 0 saturated carbocycles. The Balaban J connectivity index is 5.36. The smallest absolute Gasteiger partial charge is 0.336 e. The molecule has 5 heteroatoms. The second-order valence-electron chi connectivity index (χ2n) is 7.30. The molecule has 4 nitrogen and oxygen atoms in total. The minimum Gasteiger partial charge on any atom is -0.457 e. The van der Waals surface area contributed by atoms with Crippen LogP contribution in [-0.4, -0.2) is 26.0 Å². The molecule has 21 heavy (non-hydrogen) atoms. The maximum Gasteiger partial charge on any atom is 0.336 e. The van der Waals surface area contributed by atoms with Crippen molar-refractivity contribution >= 4 is 14.3 Å². The molecule has 0 fully saturated rings. The largest absolute Gasteiger partial charge is 0.457 e. The van der Waals surface area contributed by atoms with Crippen molar-refractivity contribution in [1.82, 2.24) is 0 Å². The molecule has 0 aromatic heterocycles. The Hall–Kier alpha value is -0.813. The molecule has 0 radical (unpaired) electrons. The summed E-state index contributed by atoms with van der Waals surface area (Å²) in [7, 11) is -1.73. The maximum absolute atomic E-state index is 12.3. The van der Waals surface area contributed by atoms with E-state index < -0.39 is 13.9 Å². The van der Waals surface area contributed by atoms with Gasteiger partial charge in [0.1, 0.15) is 5.60 Å². The zero-order chi connectivity index (χ0) is 16.8. The van der Waals surface area contributed by atoms with Gasteiger partial charge in [-0.1, -0.05) is 20.3 Å². The number of carbonyl (C=O) groups is 1. The molecule has 0 aliphatic rings. The average molecular weight is 316 g/mol. The predicted molar refractivity (Wildman–Crippen MR) is 90.5 cm³/mol. The zero-order valence-corrected chi connectivity index (χ0v) is 16.0. The number of ether oxygens (including phenoxy) is 1. The van der Waals surface area contributed by atoms with E-state index >= 15 is 0 Å². The van der Waals surface area contributed by atoms with Crippen LogP contribution in [0.4, 0.5) is 0 Å². The minimum absolute atomic E-state index is 0.191. The van der Waals surface area contributed by atoms with E-state index in [1.54, 1.807) is 0 Å². The van der Waals surface area contributed by atoms with Crippen LogP contribution >= 0.6 is 0 Å². The van der Waals surface area contributed by atoms with E-state index in [1.807, 2.05) is 27.7 Å². The fraction of sp³-hybridized carbons (Fsp3) is 0.812. The quantitative estimate of drug-likeness (QED) is 0.438. The third-order valence-corrected chi connectivity index (χ3v) is 3.73. The second kappa shape index (κ2) is 7.99. The van der Waals surface area contributed by atoms with Crippen molar-refractivity contribution in [2.75, 3.05) is 0 Å². The Morgan fingerprint density at radius 2 is 1.71 bits per heavy atom. The molecule has 0 unspecified atom stereocenters. The Bertz CT molecular complexity index is 378. The van der Waals surface area contributed by atoms with Crippen molar-refractivity contribution < 1.29 is 14.0 Å². The summed E-state index contributed by atoms with van der Waals surface area (Å²) >= 11 is 0. The van der Waals surface area contributed by atoms with E-state index in [-0.39, 0.29) is 12.1 Å². The topological polar surface area (TPSA) is 61.5 Å². The summed E-state index contributed by atoms with van der Waals surface area (Å²) in [6.45, 7) is 16.0. The lowest BCUT2D eigenvalue weighted by molar-refractivity contribution is -0.150. The second-order valence-corrected chi connectivity index (χ2v) is 11.8. The molecule has 0 bridgehead atoms. The number of nitrogens with two attached hydrogens (primary N) is 1. The summed E-state index contributed by atoms with van der Waals surface area (Å²) < 4.78 is 11.6. The number of rotatable bonds is 7. The van der Waals surface area contributed by atoms with Crippen LogP contribution < -0.4 is 5.73 Å². The highest BCUT2D eigenvalue weighted by atomic mass is 28.4. The highest BCUT2D eigenvalue weighted by Gasteiger charge is 2.27. The van der Waals surface area contributed by atoms with Crippen molar-refractivity contribution in [3.8, 4) is 0 Å². The van der Waals surface area contributed by atoms with Crippen LogP contribution in [0.2, 0.25) is 19.6 Å². The first-order valence-electron chi connectivity index (χ1n) is 7.81. The molecule has 0 rings (SSSR count). The highest BCUT2D eigenvalue weighted by molar-refractivity contribution is 6.69. The summed E-state index contributed by atoms with van der Waals surface area (Å²) in [5.74, 6) is -0.331. The summed E-state index contributed by atoms with van der Waals surface area (Å²) in [5, 5.41) is 0. The zero-order valence-electron chi connectivity index (χ0n) is 15.0. The van der Waals surface area contributed by atoms with Crippen LogP contribution in [0, 0.1) is 0 Å². The summed E-state index contributed by atoms with van der Waals surface area (Å²) in [6.07, 6.45) is 2.14. The predicted octanol–water partition coefficient (Wildman–Crippen LogP) is 3.97. The van der Waals surface area contributed by atoms with Crippen molar-refractivity contribution in [1.29, 1.82) is 0 Å². The fourth-order valence-corrected chi connectivity index (χ4v) is 3.07. The highest BCUT2D eigenvalue weighted by Crippen LogP contribution is 2.22. The van der Waals surface area contributed by atoms with Crippen molar-refractivity contribution in [2.24, 2.45) is 5.73 Å². The lowest BCUT2D eigenvalue weighted by atomic mass is 10.0. The van der Waals surface area contributed by atoms with Crippen LogP contribution in [0.1, 0.15) is 53.9 Å². The molecule has 0 aliphatic carbocycles. The molecule has 124 valence electrons. The van der Waals surface area contributed by atoms with Gasteiger partial charge < -0.3 is 14.9 Å². The molecule has 2 N–H and O–H groups in total. The van der Waals surface area contributed by atoms with E-state index in [9.17, 15) is 4.79 Å². The van der Waals surface area contributed by atoms with Crippen molar-refractivity contribution in [3.05, 3.63) is 11.3 Å². The molecular formula is C16H33NO3Si. The van der Waals surface area contributed by atoms with Gasteiger partial charge in [-0.05, 0) is 53.3 Å². The van der Waals surface area contributed by atoms with Gasteiger partial charge in [0.15, 0.2) is 8.32 Å². The molecule has 0 aliphatic heterocycles. The van der Waals surface area contributed by atoms with Gasteiger partial charge >= 0.3 is 5.97 Å². The minimum atomic E-state index is -1.73. The lowest BCUT2D eigenvalue weighted by Crippen LogP contribution is -2.37. The normalized spacial score (nSPS) is 15.4. The lowest BCUT2D eigenvalue weighted by Gasteiger charge is -2.28. The van der Waals surface area contributed by atoms with Gasteiger partial charge in [-0.25, -0.2) is 4.79 Å². The SMILES string of the molecule is CCC[C@@H](O[Si](C)(C)C)/C(N)=C(\CC)C(=O)OC(C)(C)C. The van der Waals surface area contributed by atoms with Gasteiger partial charge in [-0.3, -0.25) is 0 Å². The van der Waals surface area contributed by atoms with Gasteiger partial charge in [0, 0.05) is 5.70 Å². The van der Waals surface area contributed by atoms with Gasteiger partial charge in [0.05, 0.1) is 11.7 Å². The fourth-order valence-electron chi connectivity index (χ4n) is 1.97. The average Bonchev–Trinajstić information content (AvgIpc) is 2.24. The maximum atomic E-state index is 12.3. The first-order valence-corrected chi connectivity index (χ1v) is 11.2. The third-order valence-electron chi connectivity index (χ3n) is 2.74. The number of esters is 1. The van der Waals surface area contributed by atoms with Crippen LogP contribution in [0.25, 0.3) is 0 Å². The first kappa shape index (κ1) is 20.2. The molecule has 0 aromatic carbocycles. The Labute approximate surface area is 131 Å². The number of hydrogen-bond acceptors (Lipinski definition) is 4. The molecule has 0 heterocycles. The van der Waals surface area contributed by atoms with Gasteiger partial charge in [0.2, 0.25) is 0 Å². The summed E-state index contributed by atoms with van der Waals surface area (Å²) in [6, 6.07) is 0. The number of carbonyl (C=O) groups excluding carboxylic acids is 1. The Kier molecular flexibility index (Phi) is 7.68. The number of hydrogen-bond donors (Lipinski definition) is 1. The molecular weight excluding hydrogens is 282 g/mol. The van der Waals surface area contributed by atoms with E-state index in [0.717, 1.165) is 12.8 Å². The van der Waals surface area contributed by atoms with Gasteiger partial charge in [-0.2, -0.15) is 0 Å². The molecule has 0 spiro atoms. The molecule has 0 aromatic rings. The van der Waals surface area contributed by atoms with Gasteiger partial charge in [0.25, 0.3) is 0 Å². The van der Waals surface area contributed by atoms with Crippen LogP contribution in [0.15, 0.2) is 11.3 Å². The molecule has 0 amide bonds. The van der Waals surface area contributed by atoms with Crippen molar-refractivity contribution in [2.45, 2.75) is 85.2 Å². The van der Waals surface area contributed by atoms with Crippen LogP contribution in [0.3, 0.4) is 0 Å². The summed E-state index contributed by atoms with van der Waals surface area (Å²) in [4.78, 5) is 12.3. The first-order chi connectivity index (χ1) is 9.41. The van der Waals surface area contributed by atoms with E-state index in [1.165, 1.54) is 0 Å². The van der Waals surface area contributed by atoms with E-state index in [0.29, 0.717) is 17.7 Å². The van der Waals surface area contributed by atoms with E-state index in [2.05, 4.69) is 26.6 Å². The summed E-state index contributed by atoms with van der Waals surface area (Å²) in [5.41, 5.74) is 6.83. The third kappa shape index (κ3) is 8.26. The Morgan fingerprint density at radius 3 is 2.05 bits per heavy atom. The Morgan fingerprint density at radius 1 is 1.19 bits per heavy atom. The van der Waals surface area contributed by atoms with Crippen molar-refractivity contribution in [3.63, 3.8) is 0 Å². The van der Waals surface area contributed by atoms with Crippen LogP contribution in [0.5, 0.6) is 0 Å². The molecule has 1 atom stereocenters. The monoisotopic (exact) mass is 315 g/mol. The standard InChI is InChI=1S/C16H33NO3Si/c1-9-11-13(20-21(6,7)8)14(17)12(10-2)15(18)19-16(3,4)5/h13H,9-11,17H2,1-8H3/b14-12-/t13-/m1/s1.